The fourth-order valence-electron chi connectivity index (χ4n) is 8.19. The molecule has 0 aromatic carbocycles. The lowest BCUT2D eigenvalue weighted by molar-refractivity contribution is -0.167. The normalized spacial score (nSPS) is 12.5. The molecule has 0 saturated carbocycles. The van der Waals surface area contributed by atoms with Crippen LogP contribution >= 0.6 is 0 Å². The summed E-state index contributed by atoms with van der Waals surface area (Å²) in [7, 11) is 0. The van der Waals surface area contributed by atoms with Crippen molar-refractivity contribution in [1.82, 2.24) is 0 Å². The Hall–Kier alpha value is -2.89. The molecule has 0 rings (SSSR count). The minimum Gasteiger partial charge on any atom is -0.462 e. The molecular weight excluding hydrogens is 829 g/mol. The monoisotopic (exact) mass is 937 g/mol. The first-order chi connectivity index (χ1) is 33.0. The molecule has 0 aliphatic rings. The van der Waals surface area contributed by atoms with Crippen LogP contribution in [-0.4, -0.2) is 37.2 Å². The van der Waals surface area contributed by atoms with Crippen molar-refractivity contribution in [1.29, 1.82) is 0 Å². The third kappa shape index (κ3) is 53.9. The van der Waals surface area contributed by atoms with E-state index in [9.17, 15) is 14.4 Å². The molecule has 0 aromatic rings. The number of rotatable bonds is 52. The first-order valence-electron chi connectivity index (χ1n) is 28.8. The number of allylic oxidation sites excluding steroid dienone is 10. The van der Waals surface area contributed by atoms with Crippen LogP contribution in [0, 0.1) is 0 Å². The highest BCUT2D eigenvalue weighted by atomic mass is 16.6. The summed E-state index contributed by atoms with van der Waals surface area (Å²) in [6, 6.07) is 0. The van der Waals surface area contributed by atoms with E-state index in [1.807, 2.05) is 0 Å². The van der Waals surface area contributed by atoms with Gasteiger partial charge in [0.2, 0.25) is 0 Å². The topological polar surface area (TPSA) is 78.9 Å². The van der Waals surface area contributed by atoms with E-state index in [0.29, 0.717) is 19.3 Å². The minimum absolute atomic E-state index is 0.0740. The number of ether oxygens (including phenoxy) is 3. The summed E-state index contributed by atoms with van der Waals surface area (Å²) in [5, 5.41) is 0. The molecule has 0 fully saturated rings. The molecule has 0 heterocycles. The fraction of sp³-hybridized carbons (Fsp3) is 0.787. The number of esters is 3. The molecule has 0 bridgehead atoms. The highest BCUT2D eigenvalue weighted by Crippen LogP contribution is 2.16. The number of unbranched alkanes of at least 4 members (excludes halogenated alkanes) is 31. The van der Waals surface area contributed by atoms with Crippen LogP contribution in [0.5, 0.6) is 0 Å². The highest BCUT2D eigenvalue weighted by molar-refractivity contribution is 5.71. The zero-order valence-corrected chi connectivity index (χ0v) is 44.4. The molecule has 0 N–H and O–H groups in total. The predicted molar refractivity (Wildman–Crippen MR) is 288 cm³/mol. The molecule has 6 heteroatoms. The van der Waals surface area contributed by atoms with Crippen LogP contribution in [0.3, 0.4) is 0 Å². The van der Waals surface area contributed by atoms with Crippen molar-refractivity contribution in [3.63, 3.8) is 0 Å². The summed E-state index contributed by atoms with van der Waals surface area (Å²) in [5.74, 6) is -0.884. The Labute approximate surface area is 415 Å². The fourth-order valence-corrected chi connectivity index (χ4v) is 8.19. The van der Waals surface area contributed by atoms with Gasteiger partial charge in [0.25, 0.3) is 0 Å². The zero-order chi connectivity index (χ0) is 48.6. The van der Waals surface area contributed by atoms with Gasteiger partial charge in [0.15, 0.2) is 6.10 Å². The van der Waals surface area contributed by atoms with Crippen LogP contribution in [0.1, 0.15) is 290 Å². The van der Waals surface area contributed by atoms with Crippen LogP contribution in [0.2, 0.25) is 0 Å². The molecule has 0 amide bonds. The van der Waals surface area contributed by atoms with Gasteiger partial charge in [-0.3, -0.25) is 14.4 Å². The van der Waals surface area contributed by atoms with Gasteiger partial charge in [0, 0.05) is 19.3 Å². The van der Waals surface area contributed by atoms with Crippen molar-refractivity contribution >= 4 is 17.9 Å². The third-order valence-corrected chi connectivity index (χ3v) is 12.5. The lowest BCUT2D eigenvalue weighted by Gasteiger charge is -2.18. The smallest absolute Gasteiger partial charge is 0.306 e. The Bertz CT molecular complexity index is 1210. The van der Waals surface area contributed by atoms with E-state index >= 15 is 0 Å². The Kier molecular flexibility index (Phi) is 53.3. The van der Waals surface area contributed by atoms with Crippen molar-refractivity contribution in [2.24, 2.45) is 0 Å². The van der Waals surface area contributed by atoms with Gasteiger partial charge < -0.3 is 14.2 Å². The van der Waals surface area contributed by atoms with Crippen LogP contribution in [0.4, 0.5) is 0 Å². The van der Waals surface area contributed by atoms with Crippen LogP contribution in [0.15, 0.2) is 60.8 Å². The van der Waals surface area contributed by atoms with E-state index in [2.05, 4.69) is 81.5 Å². The van der Waals surface area contributed by atoms with Crippen LogP contribution < -0.4 is 0 Å². The maximum Gasteiger partial charge on any atom is 0.306 e. The number of carbonyl (C=O) groups excluding carboxylic acids is 3. The third-order valence-electron chi connectivity index (χ3n) is 12.5. The molecule has 0 saturated heterocycles. The Morgan fingerprint density at radius 1 is 0.313 bits per heavy atom. The van der Waals surface area contributed by atoms with E-state index in [0.717, 1.165) is 96.3 Å². The van der Waals surface area contributed by atoms with Gasteiger partial charge in [-0.15, -0.1) is 0 Å². The van der Waals surface area contributed by atoms with Gasteiger partial charge in [-0.25, -0.2) is 0 Å². The van der Waals surface area contributed by atoms with Gasteiger partial charge >= 0.3 is 17.9 Å². The molecule has 0 spiro atoms. The molecule has 1 atom stereocenters. The molecule has 0 radical (unpaired) electrons. The molecular formula is C61H108O6. The average molecular weight is 938 g/mol. The molecule has 0 aliphatic carbocycles. The summed E-state index contributed by atoms with van der Waals surface area (Å²) >= 11 is 0. The lowest BCUT2D eigenvalue weighted by atomic mass is 10.0. The molecule has 388 valence electrons. The largest absolute Gasteiger partial charge is 0.462 e. The molecule has 6 nitrogen and oxygen atoms in total. The van der Waals surface area contributed by atoms with Gasteiger partial charge in [-0.05, 0) is 83.5 Å². The Morgan fingerprint density at radius 3 is 0.955 bits per heavy atom. The van der Waals surface area contributed by atoms with Gasteiger partial charge in [0.1, 0.15) is 13.2 Å². The van der Waals surface area contributed by atoms with Crippen molar-refractivity contribution in [2.45, 2.75) is 297 Å². The summed E-state index contributed by atoms with van der Waals surface area (Å²) in [5.41, 5.74) is 0. The SMILES string of the molecule is CC/C=C\C/C=C\C/C=C\C/C=C\CCCCCCCCCCCCCCCCCCCCC(=O)OCC(COC(=O)CCCCCCCC)OC(=O)CCCCCCC/C=C\CCCCC. The van der Waals surface area contributed by atoms with E-state index in [1.54, 1.807) is 0 Å². The second-order valence-electron chi connectivity index (χ2n) is 19.2. The second-order valence-corrected chi connectivity index (χ2v) is 19.2. The first kappa shape index (κ1) is 64.1. The summed E-state index contributed by atoms with van der Waals surface area (Å²) in [6.45, 7) is 6.45. The Morgan fingerprint density at radius 2 is 0.582 bits per heavy atom. The maximum absolute atomic E-state index is 12.7. The molecule has 67 heavy (non-hydrogen) atoms. The van der Waals surface area contributed by atoms with E-state index in [4.69, 9.17) is 14.2 Å². The van der Waals surface area contributed by atoms with Gasteiger partial charge in [-0.1, -0.05) is 248 Å². The molecule has 0 aromatic heterocycles. The van der Waals surface area contributed by atoms with E-state index in [1.165, 1.54) is 154 Å². The number of carbonyl (C=O) groups is 3. The summed E-state index contributed by atoms with van der Waals surface area (Å²) in [4.78, 5) is 37.8. The van der Waals surface area contributed by atoms with Crippen LogP contribution in [-0.2, 0) is 28.6 Å². The van der Waals surface area contributed by atoms with Gasteiger partial charge in [-0.2, -0.15) is 0 Å². The number of hydrogen-bond acceptors (Lipinski definition) is 6. The standard InChI is InChI=1S/C61H108O6/c1-4-7-10-13-16-18-20-22-23-24-25-26-27-28-29-30-31-32-33-34-35-36-37-38-39-40-42-43-45-48-51-54-60(63)66-57-58(56-65-59(62)53-50-47-15-12-9-6-3)67-61(64)55-52-49-46-44-41-21-19-17-14-11-8-5-2/h7,10,16-19,22-23,25-26,58H,4-6,8-9,11-15,20-21,24,27-57H2,1-3H3/b10-7-,18-16-,19-17-,23-22-,26-25-. The molecule has 0 aliphatic heterocycles. The van der Waals surface area contributed by atoms with Crippen molar-refractivity contribution < 1.29 is 28.6 Å². The zero-order valence-electron chi connectivity index (χ0n) is 44.4. The van der Waals surface area contributed by atoms with Gasteiger partial charge in [0.05, 0.1) is 0 Å². The van der Waals surface area contributed by atoms with Crippen LogP contribution in [0.25, 0.3) is 0 Å². The maximum atomic E-state index is 12.7. The van der Waals surface area contributed by atoms with E-state index in [-0.39, 0.29) is 31.1 Å². The lowest BCUT2D eigenvalue weighted by Crippen LogP contribution is -2.30. The summed E-state index contributed by atoms with van der Waals surface area (Å²) in [6.07, 6.45) is 69.8. The summed E-state index contributed by atoms with van der Waals surface area (Å²) < 4.78 is 16.7. The second kappa shape index (κ2) is 55.7. The quantitative estimate of drug-likeness (QED) is 0.0262. The van der Waals surface area contributed by atoms with Crippen molar-refractivity contribution in [2.75, 3.05) is 13.2 Å². The van der Waals surface area contributed by atoms with Crippen molar-refractivity contribution in [3.8, 4) is 0 Å². The first-order valence-corrected chi connectivity index (χ1v) is 28.8. The average Bonchev–Trinajstić information content (AvgIpc) is 3.33. The molecule has 1 unspecified atom stereocenters. The minimum atomic E-state index is -0.771. The number of hydrogen-bond donors (Lipinski definition) is 0. The van der Waals surface area contributed by atoms with E-state index < -0.39 is 6.10 Å². The highest BCUT2D eigenvalue weighted by Gasteiger charge is 2.19. The Balaban J connectivity index is 3.95. The predicted octanol–water partition coefficient (Wildman–Crippen LogP) is 19.2. The van der Waals surface area contributed by atoms with Crippen molar-refractivity contribution in [3.05, 3.63) is 60.8 Å².